The Labute approximate surface area is 124 Å². The number of benzene rings is 1. The summed E-state index contributed by atoms with van der Waals surface area (Å²) in [6.45, 7) is 3.06. The van der Waals surface area contributed by atoms with Crippen LogP contribution in [0.4, 0.5) is 5.69 Å². The molecule has 0 radical (unpaired) electrons. The van der Waals surface area contributed by atoms with Crippen molar-refractivity contribution in [3.05, 3.63) is 42.2 Å². The summed E-state index contributed by atoms with van der Waals surface area (Å²) in [6.07, 6.45) is 0.945. The van der Waals surface area contributed by atoms with Gasteiger partial charge in [0, 0.05) is 11.8 Å². The Balaban J connectivity index is 1.98. The lowest BCUT2D eigenvalue weighted by molar-refractivity contribution is 0.317. The Morgan fingerprint density at radius 3 is 2.76 bits per heavy atom. The van der Waals surface area contributed by atoms with Gasteiger partial charge in [0.05, 0.1) is 13.2 Å². The predicted octanol–water partition coefficient (Wildman–Crippen LogP) is 2.33. The summed E-state index contributed by atoms with van der Waals surface area (Å²) < 4.78 is 32.9. The molecule has 0 aliphatic heterocycles. The molecule has 0 unspecified atom stereocenters. The molecule has 114 valence electrons. The Morgan fingerprint density at radius 1 is 1.29 bits per heavy atom. The van der Waals surface area contributed by atoms with Gasteiger partial charge in [0.15, 0.2) is 0 Å². The number of rotatable bonds is 7. The van der Waals surface area contributed by atoms with E-state index in [1.54, 1.807) is 6.07 Å². The monoisotopic (exact) mass is 310 g/mol. The number of hydrogen-bond acceptors (Lipinski definition) is 5. The smallest absolute Gasteiger partial charge is 0.271 e. The van der Waals surface area contributed by atoms with Crippen molar-refractivity contribution in [3.63, 3.8) is 0 Å². The molecular weight excluding hydrogens is 292 g/mol. The molecule has 1 heterocycles. The van der Waals surface area contributed by atoms with E-state index in [1.165, 1.54) is 6.07 Å². The summed E-state index contributed by atoms with van der Waals surface area (Å²) in [4.78, 5) is 0. The summed E-state index contributed by atoms with van der Waals surface area (Å²) in [6, 6.07) is 10.4. The average Bonchev–Trinajstić information content (AvgIpc) is 2.92. The number of anilines is 1. The van der Waals surface area contributed by atoms with Crippen molar-refractivity contribution in [1.29, 1.82) is 0 Å². The molecule has 0 bridgehead atoms. The molecule has 0 aliphatic rings. The zero-order valence-electron chi connectivity index (χ0n) is 11.7. The van der Waals surface area contributed by atoms with Gasteiger partial charge >= 0.3 is 0 Å². The Bertz CT molecular complexity index is 695. The van der Waals surface area contributed by atoms with Crippen molar-refractivity contribution in [1.82, 2.24) is 0 Å². The molecule has 0 fully saturated rings. The molecule has 0 spiro atoms. The SMILES string of the molecule is CCCOc1cccc(NCc2ccc(S(N)(=O)=O)o2)c1. The zero-order chi connectivity index (χ0) is 15.3. The molecule has 0 atom stereocenters. The Hall–Kier alpha value is -1.99. The minimum Gasteiger partial charge on any atom is -0.494 e. The second-order valence-electron chi connectivity index (χ2n) is 4.50. The van der Waals surface area contributed by atoms with Crippen molar-refractivity contribution in [2.75, 3.05) is 11.9 Å². The van der Waals surface area contributed by atoms with Crippen LogP contribution in [0.3, 0.4) is 0 Å². The van der Waals surface area contributed by atoms with E-state index in [1.807, 2.05) is 31.2 Å². The number of ether oxygens (including phenoxy) is 1. The Kier molecular flexibility index (Phi) is 4.87. The molecule has 2 aromatic rings. The molecule has 0 saturated heterocycles. The minimum absolute atomic E-state index is 0.237. The molecule has 1 aromatic heterocycles. The van der Waals surface area contributed by atoms with Crippen LogP contribution in [0.25, 0.3) is 0 Å². The van der Waals surface area contributed by atoms with Crippen molar-refractivity contribution in [3.8, 4) is 5.75 Å². The van der Waals surface area contributed by atoms with Crippen molar-refractivity contribution in [2.45, 2.75) is 25.0 Å². The number of furan rings is 1. The summed E-state index contributed by atoms with van der Waals surface area (Å²) in [5.74, 6) is 1.27. The van der Waals surface area contributed by atoms with Gasteiger partial charge in [0.25, 0.3) is 10.0 Å². The molecule has 2 rings (SSSR count). The van der Waals surface area contributed by atoms with Gasteiger partial charge in [-0.1, -0.05) is 13.0 Å². The van der Waals surface area contributed by atoms with Gasteiger partial charge in [0.2, 0.25) is 5.09 Å². The standard InChI is InChI=1S/C14H18N2O4S/c1-2-8-19-12-5-3-4-11(9-12)16-10-13-6-7-14(20-13)21(15,17)18/h3-7,9,16H,2,8,10H2,1H3,(H2,15,17,18). The fourth-order valence-electron chi connectivity index (χ4n) is 1.71. The number of sulfonamides is 1. The van der Waals surface area contributed by atoms with E-state index in [0.717, 1.165) is 17.9 Å². The van der Waals surface area contributed by atoms with Crippen LogP contribution in [0, 0.1) is 0 Å². The third-order valence-electron chi connectivity index (χ3n) is 2.69. The fourth-order valence-corrected chi connectivity index (χ4v) is 2.19. The highest BCUT2D eigenvalue weighted by atomic mass is 32.2. The van der Waals surface area contributed by atoms with Gasteiger partial charge in [0.1, 0.15) is 11.5 Å². The molecule has 0 saturated carbocycles. The van der Waals surface area contributed by atoms with Crippen LogP contribution in [-0.2, 0) is 16.6 Å². The summed E-state index contributed by atoms with van der Waals surface area (Å²) >= 11 is 0. The molecular formula is C14H18N2O4S. The van der Waals surface area contributed by atoms with Gasteiger partial charge in [-0.25, -0.2) is 13.6 Å². The normalized spacial score (nSPS) is 11.3. The second-order valence-corrected chi connectivity index (χ2v) is 5.99. The highest BCUT2D eigenvalue weighted by Crippen LogP contribution is 2.19. The number of primary sulfonamides is 1. The van der Waals surface area contributed by atoms with E-state index in [9.17, 15) is 8.42 Å². The van der Waals surface area contributed by atoms with E-state index in [-0.39, 0.29) is 5.09 Å². The molecule has 6 nitrogen and oxygen atoms in total. The van der Waals surface area contributed by atoms with E-state index in [4.69, 9.17) is 14.3 Å². The highest BCUT2D eigenvalue weighted by Gasteiger charge is 2.12. The maximum Gasteiger partial charge on any atom is 0.271 e. The highest BCUT2D eigenvalue weighted by molar-refractivity contribution is 7.89. The lowest BCUT2D eigenvalue weighted by atomic mass is 10.3. The number of nitrogens with two attached hydrogens (primary N) is 1. The van der Waals surface area contributed by atoms with Crippen LogP contribution in [-0.4, -0.2) is 15.0 Å². The molecule has 0 aliphatic carbocycles. The van der Waals surface area contributed by atoms with Crippen LogP contribution >= 0.6 is 0 Å². The topological polar surface area (TPSA) is 94.6 Å². The second kappa shape index (κ2) is 6.64. The molecule has 7 heteroatoms. The van der Waals surface area contributed by atoms with E-state index in [2.05, 4.69) is 5.32 Å². The number of hydrogen-bond donors (Lipinski definition) is 2. The number of nitrogens with one attached hydrogen (secondary N) is 1. The van der Waals surface area contributed by atoms with Crippen LogP contribution in [0.15, 0.2) is 45.9 Å². The van der Waals surface area contributed by atoms with Crippen LogP contribution in [0.1, 0.15) is 19.1 Å². The van der Waals surface area contributed by atoms with E-state index < -0.39 is 10.0 Å². The van der Waals surface area contributed by atoms with Gasteiger partial charge in [-0.3, -0.25) is 0 Å². The quantitative estimate of drug-likeness (QED) is 0.818. The average molecular weight is 310 g/mol. The van der Waals surface area contributed by atoms with E-state index in [0.29, 0.717) is 18.9 Å². The first kappa shape index (κ1) is 15.4. The van der Waals surface area contributed by atoms with Crippen LogP contribution in [0.5, 0.6) is 5.75 Å². The van der Waals surface area contributed by atoms with Crippen molar-refractivity contribution in [2.24, 2.45) is 5.14 Å². The molecule has 0 amide bonds. The maximum atomic E-state index is 11.1. The first-order valence-electron chi connectivity index (χ1n) is 6.57. The van der Waals surface area contributed by atoms with Gasteiger partial charge < -0.3 is 14.5 Å². The largest absolute Gasteiger partial charge is 0.494 e. The fraction of sp³-hybridized carbons (Fsp3) is 0.286. The zero-order valence-corrected chi connectivity index (χ0v) is 12.5. The van der Waals surface area contributed by atoms with Gasteiger partial charge in [-0.15, -0.1) is 0 Å². The summed E-state index contributed by atoms with van der Waals surface area (Å²) in [7, 11) is -3.80. The van der Waals surface area contributed by atoms with Crippen LogP contribution < -0.4 is 15.2 Å². The van der Waals surface area contributed by atoms with Crippen molar-refractivity contribution >= 4 is 15.7 Å². The van der Waals surface area contributed by atoms with Gasteiger partial charge in [-0.05, 0) is 30.7 Å². The molecule has 1 aromatic carbocycles. The maximum absolute atomic E-state index is 11.1. The van der Waals surface area contributed by atoms with Crippen molar-refractivity contribution < 1.29 is 17.6 Å². The van der Waals surface area contributed by atoms with Gasteiger partial charge in [-0.2, -0.15) is 0 Å². The third-order valence-corrected chi connectivity index (χ3v) is 3.47. The predicted molar refractivity (Wildman–Crippen MR) is 79.6 cm³/mol. The summed E-state index contributed by atoms with van der Waals surface area (Å²) in [5.41, 5.74) is 0.858. The minimum atomic E-state index is -3.80. The molecule has 3 N–H and O–H groups in total. The first-order chi connectivity index (χ1) is 9.99. The first-order valence-corrected chi connectivity index (χ1v) is 8.12. The summed E-state index contributed by atoms with van der Waals surface area (Å²) in [5, 5.41) is 7.88. The van der Waals surface area contributed by atoms with E-state index >= 15 is 0 Å². The molecule has 21 heavy (non-hydrogen) atoms. The lowest BCUT2D eigenvalue weighted by Gasteiger charge is -2.08. The lowest BCUT2D eigenvalue weighted by Crippen LogP contribution is -2.10. The Morgan fingerprint density at radius 2 is 2.10 bits per heavy atom. The third kappa shape index (κ3) is 4.51. The van der Waals surface area contributed by atoms with Crippen LogP contribution in [0.2, 0.25) is 0 Å².